The molecule has 9 nitrogen and oxygen atoms in total. The van der Waals surface area contributed by atoms with Crippen molar-refractivity contribution in [3.05, 3.63) is 66.7 Å². The number of benzene rings is 1. The predicted octanol–water partition coefficient (Wildman–Crippen LogP) is 4.09. The van der Waals surface area contributed by atoms with Gasteiger partial charge in [0.15, 0.2) is 17.5 Å². The number of phenolic OH excluding ortho intramolecular Hbond substituents is 1. The number of pyridine rings is 2. The molecule has 3 aromatic heterocycles. The highest BCUT2D eigenvalue weighted by Gasteiger charge is 2.19. The van der Waals surface area contributed by atoms with Gasteiger partial charge in [0.25, 0.3) is 0 Å². The lowest BCUT2D eigenvalue weighted by molar-refractivity contribution is 0.122. The predicted molar refractivity (Wildman–Crippen MR) is 137 cm³/mol. The van der Waals surface area contributed by atoms with Gasteiger partial charge in [0.05, 0.1) is 42.7 Å². The third-order valence-electron chi connectivity index (χ3n) is 5.75. The fourth-order valence-electron chi connectivity index (χ4n) is 3.89. The van der Waals surface area contributed by atoms with Crippen molar-refractivity contribution in [2.75, 3.05) is 55.5 Å². The Morgan fingerprint density at radius 1 is 0.917 bits per heavy atom. The van der Waals surface area contributed by atoms with Crippen LogP contribution in [0.1, 0.15) is 0 Å². The third kappa shape index (κ3) is 5.18. The second-order valence-corrected chi connectivity index (χ2v) is 8.56. The summed E-state index contributed by atoms with van der Waals surface area (Å²) >= 11 is 0. The number of ether oxygens (including phenoxy) is 1. The number of hydrogen-bond donors (Lipinski definition) is 2. The molecule has 0 bridgehead atoms. The minimum Gasteiger partial charge on any atom is -0.508 e. The standard InChI is InChI=1S/C26H26FN7O2/c1-33(2)19-12-18(13-20(35)14-19)30-17-6-7-22(28-15-17)23-4-3-5-24(31-23)25-29-16-21(27)26(32-25)34-8-10-36-11-9-34/h3-7,12-16,30,35H,8-11H2,1-2H3. The SMILES string of the molecule is CN(C)c1cc(O)cc(Nc2ccc(-c3cccc(-c4ncc(F)c(N5CCOCC5)n4)n3)nc2)c1. The Morgan fingerprint density at radius 2 is 1.72 bits per heavy atom. The van der Waals surface area contributed by atoms with Gasteiger partial charge in [-0.25, -0.2) is 19.3 Å². The van der Waals surface area contributed by atoms with Gasteiger partial charge in [-0.05, 0) is 30.3 Å². The molecule has 1 aliphatic heterocycles. The zero-order valence-corrected chi connectivity index (χ0v) is 20.0. The number of rotatable bonds is 6. The number of morpholine rings is 1. The molecular weight excluding hydrogens is 461 g/mol. The molecule has 0 atom stereocenters. The van der Waals surface area contributed by atoms with Crippen molar-refractivity contribution in [1.29, 1.82) is 0 Å². The second-order valence-electron chi connectivity index (χ2n) is 8.56. The summed E-state index contributed by atoms with van der Waals surface area (Å²) in [5, 5.41) is 13.3. The van der Waals surface area contributed by atoms with E-state index in [9.17, 15) is 9.50 Å². The van der Waals surface area contributed by atoms with E-state index in [0.717, 1.165) is 17.1 Å². The number of halogens is 1. The highest BCUT2D eigenvalue weighted by atomic mass is 19.1. The van der Waals surface area contributed by atoms with E-state index >= 15 is 0 Å². The van der Waals surface area contributed by atoms with E-state index < -0.39 is 5.82 Å². The molecule has 1 aliphatic rings. The number of hydrogen-bond acceptors (Lipinski definition) is 9. The lowest BCUT2D eigenvalue weighted by Crippen LogP contribution is -2.37. The van der Waals surface area contributed by atoms with Gasteiger partial charge in [-0.1, -0.05) is 6.07 Å². The summed E-state index contributed by atoms with van der Waals surface area (Å²) in [5.74, 6) is 0.312. The van der Waals surface area contributed by atoms with Crippen molar-refractivity contribution in [1.82, 2.24) is 19.9 Å². The van der Waals surface area contributed by atoms with E-state index in [1.807, 2.05) is 54.2 Å². The summed E-state index contributed by atoms with van der Waals surface area (Å²) in [7, 11) is 3.83. The normalized spacial score (nSPS) is 13.5. The average Bonchev–Trinajstić information content (AvgIpc) is 2.89. The Bertz CT molecular complexity index is 1360. The van der Waals surface area contributed by atoms with Crippen molar-refractivity contribution in [3.8, 4) is 28.7 Å². The molecule has 0 saturated carbocycles. The van der Waals surface area contributed by atoms with Crippen LogP contribution in [0.5, 0.6) is 5.75 Å². The van der Waals surface area contributed by atoms with Gasteiger partial charge in [0.2, 0.25) is 0 Å². The lowest BCUT2D eigenvalue weighted by atomic mass is 10.2. The largest absolute Gasteiger partial charge is 0.508 e. The summed E-state index contributed by atoms with van der Waals surface area (Å²) in [6.07, 6.45) is 2.89. The van der Waals surface area contributed by atoms with E-state index in [1.54, 1.807) is 24.4 Å². The third-order valence-corrected chi connectivity index (χ3v) is 5.75. The van der Waals surface area contributed by atoms with Gasteiger partial charge in [-0.15, -0.1) is 0 Å². The van der Waals surface area contributed by atoms with Crippen LogP contribution < -0.4 is 15.1 Å². The molecule has 184 valence electrons. The Kier molecular flexibility index (Phi) is 6.59. The fraction of sp³-hybridized carbons (Fsp3) is 0.231. The maximum Gasteiger partial charge on any atom is 0.183 e. The van der Waals surface area contributed by atoms with Gasteiger partial charge in [0, 0.05) is 50.7 Å². The molecule has 1 aromatic carbocycles. The fourth-order valence-corrected chi connectivity index (χ4v) is 3.89. The number of phenols is 1. The number of nitrogens with one attached hydrogen (secondary N) is 1. The molecule has 4 heterocycles. The molecule has 0 amide bonds. The number of anilines is 4. The van der Waals surface area contributed by atoms with Crippen LogP contribution in [0.25, 0.3) is 22.9 Å². The minimum absolute atomic E-state index is 0.175. The first-order chi connectivity index (χ1) is 17.5. The van der Waals surface area contributed by atoms with Crippen LogP contribution in [0, 0.1) is 5.82 Å². The molecule has 0 radical (unpaired) electrons. The Hall–Kier alpha value is -4.31. The van der Waals surface area contributed by atoms with E-state index in [0.29, 0.717) is 49.2 Å². The first-order valence-electron chi connectivity index (χ1n) is 11.5. The summed E-state index contributed by atoms with van der Waals surface area (Å²) in [6, 6.07) is 14.5. The maximum absolute atomic E-state index is 14.4. The Labute approximate surface area is 208 Å². The smallest absolute Gasteiger partial charge is 0.183 e. The summed E-state index contributed by atoms with van der Waals surface area (Å²) in [6.45, 7) is 2.21. The second kappa shape index (κ2) is 10.1. The molecule has 0 aliphatic carbocycles. The van der Waals surface area contributed by atoms with Crippen molar-refractivity contribution in [2.45, 2.75) is 0 Å². The van der Waals surface area contributed by atoms with Gasteiger partial charge in [-0.2, -0.15) is 0 Å². The quantitative estimate of drug-likeness (QED) is 0.417. The van der Waals surface area contributed by atoms with Gasteiger partial charge in [0.1, 0.15) is 11.4 Å². The van der Waals surface area contributed by atoms with Crippen molar-refractivity contribution >= 4 is 22.9 Å². The Balaban J connectivity index is 1.37. The van der Waals surface area contributed by atoms with Gasteiger partial charge in [-0.3, -0.25) is 4.98 Å². The number of aromatic nitrogens is 4. The van der Waals surface area contributed by atoms with E-state index in [-0.39, 0.29) is 11.6 Å². The Morgan fingerprint density at radius 3 is 2.47 bits per heavy atom. The minimum atomic E-state index is -0.467. The van der Waals surface area contributed by atoms with Crippen LogP contribution >= 0.6 is 0 Å². The van der Waals surface area contributed by atoms with Crippen LogP contribution in [0.2, 0.25) is 0 Å². The molecule has 0 spiro atoms. The van der Waals surface area contributed by atoms with Crippen molar-refractivity contribution < 1.29 is 14.2 Å². The first kappa shape index (κ1) is 23.4. The molecule has 0 unspecified atom stereocenters. The van der Waals surface area contributed by atoms with Crippen LogP contribution in [0.15, 0.2) is 60.9 Å². The topological polar surface area (TPSA) is 99.5 Å². The number of nitrogens with zero attached hydrogens (tertiary/aromatic N) is 6. The van der Waals surface area contributed by atoms with Crippen LogP contribution in [0.4, 0.5) is 27.3 Å². The summed E-state index contributed by atoms with van der Waals surface area (Å²) < 4.78 is 19.8. The monoisotopic (exact) mass is 487 g/mol. The van der Waals surface area contributed by atoms with Crippen molar-refractivity contribution in [2.24, 2.45) is 0 Å². The highest BCUT2D eigenvalue weighted by Crippen LogP contribution is 2.28. The zero-order chi connectivity index (χ0) is 25.1. The molecule has 5 rings (SSSR count). The van der Waals surface area contributed by atoms with Crippen molar-refractivity contribution in [3.63, 3.8) is 0 Å². The average molecular weight is 488 g/mol. The van der Waals surface area contributed by atoms with E-state index in [2.05, 4.69) is 25.3 Å². The summed E-state index contributed by atoms with van der Waals surface area (Å²) in [5.41, 5.74) is 4.24. The molecular formula is C26H26FN7O2. The number of aromatic hydroxyl groups is 1. The molecule has 4 aromatic rings. The molecule has 1 saturated heterocycles. The van der Waals surface area contributed by atoms with Crippen LogP contribution in [0.3, 0.4) is 0 Å². The molecule has 10 heteroatoms. The van der Waals surface area contributed by atoms with E-state index in [1.165, 1.54) is 6.20 Å². The van der Waals surface area contributed by atoms with E-state index in [4.69, 9.17) is 4.74 Å². The van der Waals surface area contributed by atoms with Gasteiger partial charge < -0.3 is 25.0 Å². The first-order valence-corrected chi connectivity index (χ1v) is 11.5. The highest BCUT2D eigenvalue weighted by molar-refractivity contribution is 5.69. The molecule has 36 heavy (non-hydrogen) atoms. The maximum atomic E-state index is 14.4. The van der Waals surface area contributed by atoms with Gasteiger partial charge >= 0.3 is 0 Å². The van der Waals surface area contributed by atoms with Crippen LogP contribution in [-0.4, -0.2) is 65.4 Å². The zero-order valence-electron chi connectivity index (χ0n) is 20.0. The lowest BCUT2D eigenvalue weighted by Gasteiger charge is -2.28. The van der Waals surface area contributed by atoms with Crippen LogP contribution in [-0.2, 0) is 4.74 Å². The molecule has 2 N–H and O–H groups in total. The molecule has 1 fully saturated rings. The summed E-state index contributed by atoms with van der Waals surface area (Å²) in [4.78, 5) is 21.6.